The van der Waals surface area contributed by atoms with Gasteiger partial charge in [0.05, 0.1) is 26.2 Å². The quantitative estimate of drug-likeness (QED) is 0.717. The molecule has 1 aliphatic heterocycles. The summed E-state index contributed by atoms with van der Waals surface area (Å²) in [6, 6.07) is 11.1. The predicted octanol–water partition coefficient (Wildman–Crippen LogP) is 4.65. The van der Waals surface area contributed by atoms with Gasteiger partial charge in [-0.15, -0.1) is 0 Å². The smallest absolute Gasteiger partial charge is 0.344 e. The Bertz CT molecular complexity index is 1050. The van der Waals surface area contributed by atoms with Crippen LogP contribution in [0.4, 0.5) is 10.1 Å². The van der Waals surface area contributed by atoms with Crippen molar-refractivity contribution in [3.05, 3.63) is 70.1 Å². The molecule has 1 aliphatic rings. The number of aliphatic imine (C=N–C) groups is 1. The number of aliphatic hydroxyl groups is 1. The molecule has 0 unspecified atom stereocenters. The monoisotopic (exact) mass is 415 g/mol. The highest BCUT2D eigenvalue weighted by Crippen LogP contribution is 2.41. The third kappa shape index (κ3) is 4.27. The van der Waals surface area contributed by atoms with Crippen LogP contribution in [0.15, 0.2) is 63.7 Å². The van der Waals surface area contributed by atoms with E-state index in [1.807, 2.05) is 0 Å². The molecule has 0 atom stereocenters. The molecule has 0 bridgehead atoms. The van der Waals surface area contributed by atoms with Crippen molar-refractivity contribution in [1.82, 2.24) is 0 Å². The third-order valence-corrected chi connectivity index (χ3v) is 5.10. The Balaban J connectivity index is 2.11. The molecule has 8 heteroatoms. The van der Waals surface area contributed by atoms with Crippen molar-refractivity contribution in [3.8, 4) is 11.5 Å². The Morgan fingerprint density at radius 3 is 2.55 bits per heavy atom. The number of thioether (sulfide) groups is 1. The number of methoxy groups -OCH3 is 3. The second kappa shape index (κ2) is 8.83. The molecule has 2 aromatic carbocycles. The summed E-state index contributed by atoms with van der Waals surface area (Å²) in [5.74, 6) is -0.479. The van der Waals surface area contributed by atoms with Crippen LogP contribution in [0.5, 0.6) is 11.5 Å². The van der Waals surface area contributed by atoms with Crippen LogP contribution >= 0.6 is 11.8 Å². The SMILES string of the molecule is COC(=O)C1=C(O)/C(=C\c2cc(OC)ccc2OC)SC1=Nc1ccccc1F. The van der Waals surface area contributed by atoms with Crippen molar-refractivity contribution in [2.45, 2.75) is 0 Å². The van der Waals surface area contributed by atoms with Gasteiger partial charge in [-0.3, -0.25) is 0 Å². The van der Waals surface area contributed by atoms with E-state index in [-0.39, 0.29) is 22.1 Å². The predicted molar refractivity (Wildman–Crippen MR) is 110 cm³/mol. The molecule has 0 saturated carbocycles. The van der Waals surface area contributed by atoms with Crippen molar-refractivity contribution in [2.75, 3.05) is 21.3 Å². The lowest BCUT2D eigenvalue weighted by Gasteiger charge is -2.08. The molecule has 6 nitrogen and oxygen atoms in total. The van der Waals surface area contributed by atoms with Crippen LogP contribution in [0.1, 0.15) is 5.56 Å². The van der Waals surface area contributed by atoms with Gasteiger partial charge < -0.3 is 19.3 Å². The molecule has 29 heavy (non-hydrogen) atoms. The number of hydrogen-bond acceptors (Lipinski definition) is 7. The van der Waals surface area contributed by atoms with Gasteiger partial charge in [0.15, 0.2) is 0 Å². The van der Waals surface area contributed by atoms with Gasteiger partial charge >= 0.3 is 5.97 Å². The Morgan fingerprint density at radius 2 is 1.90 bits per heavy atom. The molecule has 0 aliphatic carbocycles. The lowest BCUT2D eigenvalue weighted by atomic mass is 10.1. The maximum Gasteiger partial charge on any atom is 0.344 e. The second-order valence-electron chi connectivity index (χ2n) is 5.80. The second-order valence-corrected chi connectivity index (χ2v) is 6.83. The maximum atomic E-state index is 14.0. The summed E-state index contributed by atoms with van der Waals surface area (Å²) in [5.41, 5.74) is 0.538. The van der Waals surface area contributed by atoms with Gasteiger partial charge in [-0.1, -0.05) is 23.9 Å². The van der Waals surface area contributed by atoms with Crippen molar-refractivity contribution in [2.24, 2.45) is 4.99 Å². The van der Waals surface area contributed by atoms with E-state index in [0.717, 1.165) is 11.8 Å². The molecule has 0 radical (unpaired) electrons. The van der Waals surface area contributed by atoms with E-state index in [1.54, 1.807) is 30.3 Å². The minimum absolute atomic E-state index is 0.0458. The number of carbonyl (C=O) groups excluding carboxylic acids is 1. The highest BCUT2D eigenvalue weighted by atomic mass is 32.2. The zero-order valence-electron chi connectivity index (χ0n) is 15.9. The summed E-state index contributed by atoms with van der Waals surface area (Å²) in [7, 11) is 4.25. The molecule has 1 heterocycles. The first kappa shape index (κ1) is 20.5. The summed E-state index contributed by atoms with van der Waals surface area (Å²) in [4.78, 5) is 16.8. The van der Waals surface area contributed by atoms with Gasteiger partial charge in [-0.2, -0.15) is 0 Å². The molecule has 0 spiro atoms. The summed E-state index contributed by atoms with van der Waals surface area (Å²) >= 11 is 1.02. The number of hydrogen-bond donors (Lipinski definition) is 1. The van der Waals surface area contributed by atoms with Crippen LogP contribution in [0.25, 0.3) is 6.08 Å². The fourth-order valence-corrected chi connectivity index (χ4v) is 3.65. The van der Waals surface area contributed by atoms with Gasteiger partial charge in [0, 0.05) is 5.56 Å². The number of rotatable bonds is 5. The number of para-hydroxylation sites is 1. The zero-order chi connectivity index (χ0) is 21.0. The first-order valence-corrected chi connectivity index (χ1v) is 9.27. The van der Waals surface area contributed by atoms with Crippen LogP contribution < -0.4 is 9.47 Å². The van der Waals surface area contributed by atoms with Gasteiger partial charge in [-0.05, 0) is 36.4 Å². The summed E-state index contributed by atoms with van der Waals surface area (Å²) in [6.07, 6.45) is 1.63. The number of nitrogens with zero attached hydrogens (tertiary/aromatic N) is 1. The molecular formula is C21H18FNO5S. The van der Waals surface area contributed by atoms with Crippen LogP contribution in [-0.2, 0) is 9.53 Å². The van der Waals surface area contributed by atoms with E-state index in [9.17, 15) is 14.3 Å². The van der Waals surface area contributed by atoms with Crippen LogP contribution in [0, 0.1) is 5.82 Å². The largest absolute Gasteiger partial charge is 0.506 e. The third-order valence-electron chi connectivity index (χ3n) is 4.08. The van der Waals surface area contributed by atoms with Crippen LogP contribution in [-0.4, -0.2) is 37.4 Å². The van der Waals surface area contributed by atoms with Gasteiger partial charge in [0.1, 0.15) is 39.4 Å². The van der Waals surface area contributed by atoms with E-state index in [2.05, 4.69) is 4.99 Å². The first-order valence-electron chi connectivity index (χ1n) is 8.45. The van der Waals surface area contributed by atoms with Crippen LogP contribution in [0.2, 0.25) is 0 Å². The number of ether oxygens (including phenoxy) is 3. The van der Waals surface area contributed by atoms with Gasteiger partial charge in [-0.25, -0.2) is 14.2 Å². The Labute approximate surface area is 171 Å². The summed E-state index contributed by atoms with van der Waals surface area (Å²) < 4.78 is 29.4. The molecule has 0 saturated heterocycles. The highest BCUT2D eigenvalue weighted by molar-refractivity contribution is 8.18. The van der Waals surface area contributed by atoms with Crippen molar-refractivity contribution in [1.29, 1.82) is 0 Å². The standard InChI is InChI=1S/C21H18FNO5S/c1-26-13-8-9-16(27-2)12(10-13)11-17-19(24)18(21(25)28-3)20(29-17)23-15-7-5-4-6-14(15)22/h4-11,24H,1-3H3/b17-11+,23-20?. The van der Waals surface area contributed by atoms with Gasteiger partial charge in [0.25, 0.3) is 0 Å². The first-order chi connectivity index (χ1) is 14.0. The zero-order valence-corrected chi connectivity index (χ0v) is 16.7. The molecular weight excluding hydrogens is 397 g/mol. The number of esters is 1. The fourth-order valence-electron chi connectivity index (χ4n) is 2.64. The van der Waals surface area contributed by atoms with E-state index in [4.69, 9.17) is 14.2 Å². The Hall–Kier alpha value is -3.26. The fraction of sp³-hybridized carbons (Fsp3) is 0.143. The molecule has 0 aromatic heterocycles. The highest BCUT2D eigenvalue weighted by Gasteiger charge is 2.33. The Morgan fingerprint density at radius 1 is 1.14 bits per heavy atom. The van der Waals surface area contributed by atoms with E-state index >= 15 is 0 Å². The molecule has 1 N–H and O–H groups in total. The van der Waals surface area contributed by atoms with Gasteiger partial charge in [0.2, 0.25) is 0 Å². The lowest BCUT2D eigenvalue weighted by molar-refractivity contribution is -0.135. The van der Waals surface area contributed by atoms with Crippen molar-refractivity contribution >= 4 is 34.5 Å². The average molecular weight is 415 g/mol. The number of benzene rings is 2. The molecule has 0 amide bonds. The van der Waals surface area contributed by atoms with Crippen molar-refractivity contribution < 1.29 is 28.5 Å². The molecule has 150 valence electrons. The Kier molecular flexibility index (Phi) is 6.23. The van der Waals surface area contributed by atoms with E-state index < -0.39 is 11.8 Å². The van der Waals surface area contributed by atoms with E-state index in [0.29, 0.717) is 22.0 Å². The molecule has 3 rings (SSSR count). The lowest BCUT2D eigenvalue weighted by Crippen LogP contribution is -2.10. The maximum absolute atomic E-state index is 14.0. The molecule has 2 aromatic rings. The van der Waals surface area contributed by atoms with Crippen LogP contribution in [0.3, 0.4) is 0 Å². The normalized spacial score (nSPS) is 16.4. The minimum Gasteiger partial charge on any atom is -0.506 e. The number of halogens is 1. The number of aliphatic hydroxyl groups excluding tert-OH is 1. The van der Waals surface area contributed by atoms with E-state index in [1.165, 1.54) is 39.5 Å². The summed E-state index contributed by atoms with van der Waals surface area (Å²) in [6.45, 7) is 0. The molecule has 0 fully saturated rings. The average Bonchev–Trinajstić information content (AvgIpc) is 3.03. The number of carbonyl (C=O) groups is 1. The summed E-state index contributed by atoms with van der Waals surface area (Å²) in [5, 5.41) is 10.8. The topological polar surface area (TPSA) is 77.4 Å². The minimum atomic E-state index is -0.772. The van der Waals surface area contributed by atoms with Crippen molar-refractivity contribution in [3.63, 3.8) is 0 Å².